The van der Waals surface area contributed by atoms with E-state index in [1.165, 1.54) is 12.4 Å². The smallest absolute Gasteiger partial charge is 0.241 e. The normalized spacial score (nSPS) is 8.71. The molecule has 0 spiro atoms. The van der Waals surface area contributed by atoms with Gasteiger partial charge in [0.1, 0.15) is 6.20 Å². The molecule has 0 saturated carbocycles. The van der Waals surface area contributed by atoms with Gasteiger partial charge >= 0.3 is 0 Å². The van der Waals surface area contributed by atoms with Crippen LogP contribution in [0.2, 0.25) is 0 Å². The molecule has 35 valence electrons. The molecule has 1 aromatic heterocycles. The van der Waals surface area contributed by atoms with Crippen molar-refractivity contribution in [1.29, 1.82) is 0 Å². The maximum atomic E-state index is 11.7. The largest absolute Gasteiger partial charge is 0.248 e. The Balaban J connectivity index is 3.02. The number of nitrogens with zero attached hydrogens (tertiary/aromatic N) is 2. The van der Waals surface area contributed by atoms with Gasteiger partial charge in [-0.05, 0) is 0 Å². The molecular weight excluding hydrogens is 95.1 g/mol. The summed E-state index contributed by atoms with van der Waals surface area (Å²) in [6.07, 6.45) is 4.64. The first-order valence-electron chi connectivity index (χ1n) is 1.74. The van der Waals surface area contributed by atoms with Gasteiger partial charge in [-0.1, -0.05) is 0 Å². The molecule has 3 heteroatoms. The number of aromatic nitrogens is 2. The quantitative estimate of drug-likeness (QED) is 0.468. The Morgan fingerprint density at radius 1 is 1.57 bits per heavy atom. The zero-order chi connectivity index (χ0) is 5.11. The van der Waals surface area contributed by atoms with Gasteiger partial charge in [0.2, 0.25) is 5.95 Å². The van der Waals surface area contributed by atoms with Crippen LogP contribution in [-0.2, 0) is 0 Å². The van der Waals surface area contributed by atoms with Gasteiger partial charge in [-0.15, -0.1) is 0 Å². The predicted octanol–water partition coefficient (Wildman–Crippen LogP) is 0.416. The second-order valence-corrected chi connectivity index (χ2v) is 0.959. The fraction of sp³-hybridized carbons (Fsp3) is 0. The Bertz CT molecular complexity index is 140. The van der Waals surface area contributed by atoms with E-state index in [2.05, 4.69) is 9.97 Å². The number of rotatable bonds is 0. The van der Waals surface area contributed by atoms with E-state index in [4.69, 9.17) is 0 Å². The predicted molar refractivity (Wildman–Crippen MR) is 20.8 cm³/mol. The van der Waals surface area contributed by atoms with Crippen LogP contribution in [0.4, 0.5) is 4.39 Å². The minimum Gasteiger partial charge on any atom is -0.248 e. The van der Waals surface area contributed by atoms with Crippen LogP contribution in [0.1, 0.15) is 0 Å². The van der Waals surface area contributed by atoms with Crippen molar-refractivity contribution >= 4 is 0 Å². The first-order valence-corrected chi connectivity index (χ1v) is 1.74. The molecule has 0 aromatic carbocycles. The second kappa shape index (κ2) is 1.64. The molecule has 0 aliphatic carbocycles. The van der Waals surface area contributed by atoms with Gasteiger partial charge in [-0.2, -0.15) is 4.39 Å². The van der Waals surface area contributed by atoms with Crippen molar-refractivity contribution in [3.05, 3.63) is 24.5 Å². The molecule has 1 heterocycles. The molecule has 0 atom stereocenters. The van der Waals surface area contributed by atoms with E-state index in [1.807, 2.05) is 6.20 Å². The summed E-state index contributed by atoms with van der Waals surface area (Å²) < 4.78 is 11.7. The van der Waals surface area contributed by atoms with Crippen molar-refractivity contribution < 1.29 is 4.39 Å². The molecule has 1 aromatic rings. The van der Waals surface area contributed by atoms with Crippen molar-refractivity contribution in [1.82, 2.24) is 9.97 Å². The maximum Gasteiger partial charge on any atom is 0.241 e. The lowest BCUT2D eigenvalue weighted by Gasteiger charge is -1.76. The zero-order valence-electron chi connectivity index (χ0n) is 3.43. The summed E-state index contributed by atoms with van der Waals surface area (Å²) in [6.45, 7) is 0. The second-order valence-electron chi connectivity index (χ2n) is 0.959. The van der Waals surface area contributed by atoms with E-state index in [-0.39, 0.29) is 0 Å². The van der Waals surface area contributed by atoms with Crippen molar-refractivity contribution in [2.24, 2.45) is 0 Å². The van der Waals surface area contributed by atoms with E-state index in [9.17, 15) is 4.39 Å². The Morgan fingerprint density at radius 3 is 2.71 bits per heavy atom. The standard InChI is InChI=1S/C4H2FN2/c5-4-3-6-1-2-7-4/h1-2H. The Hall–Kier alpha value is -0.990. The molecule has 0 unspecified atom stereocenters. The lowest BCUT2D eigenvalue weighted by Crippen LogP contribution is -1.79. The van der Waals surface area contributed by atoms with Crippen molar-refractivity contribution in [3.8, 4) is 0 Å². The molecule has 0 fully saturated rings. The highest BCUT2D eigenvalue weighted by Crippen LogP contribution is 1.80. The molecule has 0 saturated heterocycles. The third-order valence-corrected chi connectivity index (χ3v) is 0.486. The summed E-state index contributed by atoms with van der Waals surface area (Å²) in [7, 11) is 0. The first kappa shape index (κ1) is 4.18. The highest BCUT2D eigenvalue weighted by Gasteiger charge is 1.81. The van der Waals surface area contributed by atoms with Crippen molar-refractivity contribution in [2.75, 3.05) is 0 Å². The summed E-state index contributed by atoms with van der Waals surface area (Å²) >= 11 is 0. The van der Waals surface area contributed by atoms with Crippen LogP contribution in [0.3, 0.4) is 0 Å². The Kier molecular flexibility index (Phi) is 0.978. The molecule has 1 rings (SSSR count). The van der Waals surface area contributed by atoms with Gasteiger partial charge in [-0.25, -0.2) is 9.97 Å². The van der Waals surface area contributed by atoms with Gasteiger partial charge in [0.25, 0.3) is 0 Å². The Labute approximate surface area is 40.0 Å². The SMILES string of the molecule is Fc1[c]nccn1. The summed E-state index contributed by atoms with van der Waals surface area (Å²) in [6, 6.07) is 0. The summed E-state index contributed by atoms with van der Waals surface area (Å²) in [5, 5.41) is 0. The van der Waals surface area contributed by atoms with E-state index in [0.717, 1.165) is 0 Å². The highest BCUT2D eigenvalue weighted by atomic mass is 19.1. The molecule has 0 aliphatic heterocycles. The van der Waals surface area contributed by atoms with Gasteiger partial charge in [0.05, 0.1) is 0 Å². The lowest BCUT2D eigenvalue weighted by molar-refractivity contribution is 0.573. The van der Waals surface area contributed by atoms with Gasteiger partial charge in [0.15, 0.2) is 0 Å². The van der Waals surface area contributed by atoms with Crippen LogP contribution in [0.5, 0.6) is 0 Å². The summed E-state index contributed by atoms with van der Waals surface area (Å²) in [4.78, 5) is 6.52. The topological polar surface area (TPSA) is 25.8 Å². The van der Waals surface area contributed by atoms with Gasteiger partial charge in [0, 0.05) is 12.4 Å². The van der Waals surface area contributed by atoms with Crippen molar-refractivity contribution in [2.45, 2.75) is 0 Å². The average molecular weight is 97.1 g/mol. The molecule has 1 radical (unpaired) electrons. The number of hydrogen-bond acceptors (Lipinski definition) is 2. The molecular formula is C4H2FN2. The molecule has 0 bridgehead atoms. The molecule has 0 amide bonds. The van der Waals surface area contributed by atoms with E-state index in [1.54, 1.807) is 0 Å². The molecule has 0 aliphatic rings. The molecule has 2 nitrogen and oxygen atoms in total. The Morgan fingerprint density at radius 2 is 2.43 bits per heavy atom. The van der Waals surface area contributed by atoms with E-state index < -0.39 is 5.95 Å². The number of halogens is 1. The minimum absolute atomic E-state index is 0.664. The maximum absolute atomic E-state index is 11.7. The van der Waals surface area contributed by atoms with E-state index >= 15 is 0 Å². The van der Waals surface area contributed by atoms with Crippen LogP contribution in [-0.4, -0.2) is 9.97 Å². The van der Waals surface area contributed by atoms with Gasteiger partial charge in [-0.3, -0.25) is 0 Å². The van der Waals surface area contributed by atoms with E-state index in [0.29, 0.717) is 0 Å². The summed E-state index contributed by atoms with van der Waals surface area (Å²) in [5.41, 5.74) is 0. The van der Waals surface area contributed by atoms with Gasteiger partial charge < -0.3 is 0 Å². The third kappa shape index (κ3) is 0.924. The van der Waals surface area contributed by atoms with Crippen LogP contribution in [0, 0.1) is 12.1 Å². The highest BCUT2D eigenvalue weighted by molar-refractivity contribution is 4.73. The van der Waals surface area contributed by atoms with Crippen LogP contribution in [0.25, 0.3) is 0 Å². The molecule has 0 N–H and O–H groups in total. The van der Waals surface area contributed by atoms with Crippen LogP contribution >= 0.6 is 0 Å². The lowest BCUT2D eigenvalue weighted by atomic mass is 10.8. The van der Waals surface area contributed by atoms with Crippen LogP contribution in [0.15, 0.2) is 12.4 Å². The monoisotopic (exact) mass is 97.0 g/mol. The number of hydrogen-bond donors (Lipinski definition) is 0. The van der Waals surface area contributed by atoms with Crippen LogP contribution < -0.4 is 0 Å². The minimum atomic E-state index is -0.664. The molecule has 7 heavy (non-hydrogen) atoms. The fourth-order valence-electron chi connectivity index (χ4n) is 0.252. The summed E-state index contributed by atoms with van der Waals surface area (Å²) in [5.74, 6) is -0.664. The zero-order valence-corrected chi connectivity index (χ0v) is 3.43. The van der Waals surface area contributed by atoms with Crippen molar-refractivity contribution in [3.63, 3.8) is 0 Å². The fourth-order valence-corrected chi connectivity index (χ4v) is 0.252. The first-order chi connectivity index (χ1) is 3.39. The third-order valence-electron chi connectivity index (χ3n) is 0.486. The average Bonchev–Trinajstić information content (AvgIpc) is 1.69.